The lowest BCUT2D eigenvalue weighted by molar-refractivity contribution is 0.0717. The van der Waals surface area contributed by atoms with Crippen LogP contribution in [0.25, 0.3) is 0 Å². The number of rotatable bonds is 9. The van der Waals surface area contributed by atoms with E-state index in [9.17, 15) is 13.2 Å². The number of carbonyl (C=O) groups is 1. The van der Waals surface area contributed by atoms with E-state index in [1.54, 1.807) is 36.6 Å². The van der Waals surface area contributed by atoms with E-state index in [0.29, 0.717) is 23.6 Å². The molecule has 9 heteroatoms. The second-order valence-corrected chi connectivity index (χ2v) is 9.65. The third-order valence-electron chi connectivity index (χ3n) is 5.01. The van der Waals surface area contributed by atoms with Gasteiger partial charge in [-0.1, -0.05) is 0 Å². The van der Waals surface area contributed by atoms with E-state index in [1.165, 1.54) is 20.2 Å². The van der Waals surface area contributed by atoms with E-state index in [4.69, 9.17) is 13.6 Å². The van der Waals surface area contributed by atoms with Crippen molar-refractivity contribution in [2.75, 3.05) is 14.1 Å². The summed E-state index contributed by atoms with van der Waals surface area (Å²) in [5.74, 6) is 1.65. The Balaban J connectivity index is 1.38. The van der Waals surface area contributed by atoms with Crippen molar-refractivity contribution in [2.24, 2.45) is 0 Å². The van der Waals surface area contributed by atoms with Gasteiger partial charge < -0.3 is 18.5 Å². The summed E-state index contributed by atoms with van der Waals surface area (Å²) < 4.78 is 41.7. The maximum Gasteiger partial charge on any atom is 0.275 e. The van der Waals surface area contributed by atoms with Gasteiger partial charge in [0.05, 0.1) is 12.8 Å². The largest absolute Gasteiger partial charge is 0.486 e. The number of furan rings is 2. The van der Waals surface area contributed by atoms with Gasteiger partial charge >= 0.3 is 0 Å². The fraction of sp³-hybridized carbons (Fsp3) is 0.318. The van der Waals surface area contributed by atoms with Crippen LogP contribution in [0.15, 0.2) is 68.7 Å². The molecule has 0 bridgehead atoms. The molecule has 0 saturated heterocycles. The van der Waals surface area contributed by atoms with Crippen LogP contribution in [0.4, 0.5) is 0 Å². The fourth-order valence-electron chi connectivity index (χ4n) is 3.09. The van der Waals surface area contributed by atoms with Gasteiger partial charge in [-0.2, -0.15) is 0 Å². The van der Waals surface area contributed by atoms with Crippen molar-refractivity contribution in [1.29, 1.82) is 0 Å². The summed E-state index contributed by atoms with van der Waals surface area (Å²) in [4.78, 5) is 14.8. The first-order valence-electron chi connectivity index (χ1n) is 9.92. The van der Waals surface area contributed by atoms with Crippen LogP contribution in [0.5, 0.6) is 5.75 Å². The van der Waals surface area contributed by atoms with Crippen molar-refractivity contribution in [3.8, 4) is 5.75 Å². The van der Waals surface area contributed by atoms with Crippen LogP contribution in [0.2, 0.25) is 0 Å². The standard InChI is InChI=1S/C22H24N2O6S/c1-23(2)31(26,27)21-12-11-20(30-21)15-29-18-9-5-16(6-10-18)22(25)24(17-7-8-17)14-19-4-3-13-28-19/h3-6,9-13,17H,7-8,14-15H2,1-2H3. The molecule has 0 aliphatic heterocycles. The molecule has 2 heterocycles. The molecular formula is C22H24N2O6S. The van der Waals surface area contributed by atoms with Gasteiger partial charge in [0.25, 0.3) is 15.9 Å². The van der Waals surface area contributed by atoms with Crippen molar-refractivity contribution in [2.45, 2.75) is 37.1 Å². The highest BCUT2D eigenvalue weighted by atomic mass is 32.2. The monoisotopic (exact) mass is 444 g/mol. The van der Waals surface area contributed by atoms with E-state index >= 15 is 0 Å². The summed E-state index contributed by atoms with van der Waals surface area (Å²) in [5.41, 5.74) is 0.572. The molecule has 1 aliphatic carbocycles. The summed E-state index contributed by atoms with van der Waals surface area (Å²) in [7, 11) is -0.740. The minimum absolute atomic E-state index is 0.0463. The number of hydrogen-bond acceptors (Lipinski definition) is 6. The molecule has 1 fully saturated rings. The first kappa shape index (κ1) is 21.2. The SMILES string of the molecule is CN(C)S(=O)(=O)c1ccc(COc2ccc(C(=O)N(Cc3ccco3)C3CC3)cc2)o1. The topological polar surface area (TPSA) is 93.2 Å². The Morgan fingerprint density at radius 2 is 1.81 bits per heavy atom. The Bertz CT molecular complexity index is 1130. The minimum atomic E-state index is -3.62. The molecule has 1 amide bonds. The van der Waals surface area contributed by atoms with Gasteiger partial charge in [-0.15, -0.1) is 0 Å². The minimum Gasteiger partial charge on any atom is -0.486 e. The highest BCUT2D eigenvalue weighted by Crippen LogP contribution is 2.30. The molecule has 0 atom stereocenters. The number of nitrogens with zero attached hydrogens (tertiary/aromatic N) is 2. The summed E-state index contributed by atoms with van der Waals surface area (Å²) in [6, 6.07) is 13.8. The zero-order valence-electron chi connectivity index (χ0n) is 17.4. The van der Waals surface area contributed by atoms with Gasteiger partial charge in [0, 0.05) is 25.7 Å². The third-order valence-corrected chi connectivity index (χ3v) is 6.70. The van der Waals surface area contributed by atoms with Gasteiger partial charge in [0.1, 0.15) is 23.9 Å². The molecule has 31 heavy (non-hydrogen) atoms. The number of amides is 1. The lowest BCUT2D eigenvalue weighted by atomic mass is 10.2. The smallest absolute Gasteiger partial charge is 0.275 e. The molecule has 1 saturated carbocycles. The molecule has 4 rings (SSSR count). The highest BCUT2D eigenvalue weighted by Gasteiger charge is 2.33. The maximum atomic E-state index is 13.0. The number of hydrogen-bond donors (Lipinski definition) is 0. The van der Waals surface area contributed by atoms with Gasteiger partial charge in [-0.05, 0) is 61.4 Å². The summed E-state index contributed by atoms with van der Waals surface area (Å²) >= 11 is 0. The van der Waals surface area contributed by atoms with E-state index in [-0.39, 0.29) is 23.6 Å². The quantitative estimate of drug-likeness (QED) is 0.501. The van der Waals surface area contributed by atoms with Crippen molar-refractivity contribution >= 4 is 15.9 Å². The van der Waals surface area contributed by atoms with Gasteiger partial charge in [-0.25, -0.2) is 12.7 Å². The Kier molecular flexibility index (Phi) is 5.88. The molecular weight excluding hydrogens is 420 g/mol. The molecule has 164 valence electrons. The Labute approximate surface area is 181 Å². The second-order valence-electron chi connectivity index (χ2n) is 7.56. The summed E-state index contributed by atoms with van der Waals surface area (Å²) in [5, 5.41) is -0.131. The second kappa shape index (κ2) is 8.60. The van der Waals surface area contributed by atoms with Crippen LogP contribution in [0.1, 0.15) is 34.7 Å². The van der Waals surface area contributed by atoms with E-state index < -0.39 is 10.0 Å². The first-order chi connectivity index (χ1) is 14.8. The lowest BCUT2D eigenvalue weighted by Gasteiger charge is -2.21. The van der Waals surface area contributed by atoms with Crippen molar-refractivity contribution < 1.29 is 26.8 Å². The van der Waals surface area contributed by atoms with Gasteiger partial charge in [0.15, 0.2) is 0 Å². The predicted octanol–water partition coefficient (Wildman–Crippen LogP) is 3.51. The number of ether oxygens (including phenoxy) is 1. The van der Waals surface area contributed by atoms with E-state index in [2.05, 4.69) is 0 Å². The third kappa shape index (κ3) is 4.83. The van der Waals surface area contributed by atoms with Gasteiger partial charge in [0.2, 0.25) is 5.09 Å². The average molecular weight is 445 g/mol. The van der Waals surface area contributed by atoms with Crippen LogP contribution in [-0.4, -0.2) is 43.7 Å². The maximum absolute atomic E-state index is 13.0. The van der Waals surface area contributed by atoms with Crippen LogP contribution in [-0.2, 0) is 23.2 Å². The number of carbonyl (C=O) groups excluding carboxylic acids is 1. The molecule has 2 aromatic heterocycles. The van der Waals surface area contributed by atoms with Crippen molar-refractivity contribution in [1.82, 2.24) is 9.21 Å². The molecule has 1 aliphatic rings. The number of sulfonamides is 1. The highest BCUT2D eigenvalue weighted by molar-refractivity contribution is 7.88. The predicted molar refractivity (Wildman–Crippen MR) is 112 cm³/mol. The fourth-order valence-corrected chi connectivity index (χ4v) is 3.90. The Hall–Kier alpha value is -3.04. The molecule has 0 radical (unpaired) electrons. The summed E-state index contributed by atoms with van der Waals surface area (Å²) in [6.07, 6.45) is 3.61. The molecule has 0 spiro atoms. The van der Waals surface area contributed by atoms with Crippen LogP contribution in [0, 0.1) is 0 Å². The zero-order chi connectivity index (χ0) is 22.0. The average Bonchev–Trinajstić information content (AvgIpc) is 3.25. The lowest BCUT2D eigenvalue weighted by Crippen LogP contribution is -2.32. The molecule has 3 aromatic rings. The number of benzene rings is 1. The molecule has 8 nitrogen and oxygen atoms in total. The van der Waals surface area contributed by atoms with Crippen molar-refractivity contribution in [3.05, 3.63) is 71.9 Å². The zero-order valence-corrected chi connectivity index (χ0v) is 18.2. The Morgan fingerprint density at radius 3 is 2.42 bits per heavy atom. The molecule has 0 unspecified atom stereocenters. The molecule has 0 N–H and O–H groups in total. The normalized spacial score (nSPS) is 14.0. The van der Waals surface area contributed by atoms with Crippen molar-refractivity contribution in [3.63, 3.8) is 0 Å². The van der Waals surface area contributed by atoms with E-state index in [0.717, 1.165) is 22.9 Å². The summed E-state index contributed by atoms with van der Waals surface area (Å²) in [6.45, 7) is 0.522. The Morgan fingerprint density at radius 1 is 1.06 bits per heavy atom. The van der Waals surface area contributed by atoms with Gasteiger partial charge in [-0.3, -0.25) is 4.79 Å². The first-order valence-corrected chi connectivity index (χ1v) is 11.4. The van der Waals surface area contributed by atoms with E-state index in [1.807, 2.05) is 17.0 Å². The van der Waals surface area contributed by atoms with Crippen LogP contribution < -0.4 is 4.74 Å². The van der Waals surface area contributed by atoms with Crippen LogP contribution in [0.3, 0.4) is 0 Å². The van der Waals surface area contributed by atoms with Crippen LogP contribution >= 0.6 is 0 Å². The molecule has 1 aromatic carbocycles.